The van der Waals surface area contributed by atoms with Crippen molar-refractivity contribution in [3.8, 4) is 11.8 Å². The van der Waals surface area contributed by atoms with E-state index in [-0.39, 0.29) is 40.6 Å². The monoisotopic (exact) mass is 434 g/mol. The maximum absolute atomic E-state index is 13.5. The summed E-state index contributed by atoms with van der Waals surface area (Å²) in [7, 11) is -2.61. The van der Waals surface area contributed by atoms with Crippen LogP contribution in [0.15, 0.2) is 41.9 Å². The number of nitriles is 1. The van der Waals surface area contributed by atoms with Crippen molar-refractivity contribution in [1.82, 2.24) is 9.29 Å². The number of aromatic nitrogens is 1. The van der Waals surface area contributed by atoms with Crippen molar-refractivity contribution in [3.05, 3.63) is 54.1 Å². The maximum atomic E-state index is 13.5. The van der Waals surface area contributed by atoms with Gasteiger partial charge in [-0.15, -0.1) is 6.58 Å². The third-order valence-corrected chi connectivity index (χ3v) is 6.02. The van der Waals surface area contributed by atoms with Gasteiger partial charge in [0, 0.05) is 18.9 Å². The average molecular weight is 434 g/mol. The summed E-state index contributed by atoms with van der Waals surface area (Å²) in [6, 6.07) is 4.22. The Bertz CT molecular complexity index is 1150. The Morgan fingerprint density at radius 3 is 3.00 bits per heavy atom. The predicted octanol–water partition coefficient (Wildman–Crippen LogP) is 1.26. The molecule has 1 aromatic carbocycles. The van der Waals surface area contributed by atoms with E-state index in [9.17, 15) is 22.7 Å². The van der Waals surface area contributed by atoms with Crippen molar-refractivity contribution in [2.45, 2.75) is 23.5 Å². The lowest BCUT2D eigenvalue weighted by molar-refractivity contribution is 0.0999. The van der Waals surface area contributed by atoms with Crippen molar-refractivity contribution in [3.63, 3.8) is 0 Å². The summed E-state index contributed by atoms with van der Waals surface area (Å²) >= 11 is 0. The molecule has 3 rings (SSSR count). The van der Waals surface area contributed by atoms with Crippen LogP contribution in [-0.2, 0) is 17.1 Å². The first-order valence-electron chi connectivity index (χ1n) is 8.82. The molecule has 1 aliphatic heterocycles. The lowest BCUT2D eigenvalue weighted by Gasteiger charge is -2.20. The standard InChI is InChI=1S/C19H19FN4O5S/c1-3-4-15(25)14-10-29-18-16(30(27,28)23-14)9-24(2)17(18)19(26)22-12-5-6-13(20)11(7-12)8-21/h3,5-7,9,14-15,23,25H,1,4,10H2,2H3,(H,22,26)/t14-,15+/m0/s1. The molecule has 2 heterocycles. The Kier molecular flexibility index (Phi) is 5.93. The molecule has 2 atom stereocenters. The number of sulfonamides is 1. The molecular weight excluding hydrogens is 415 g/mol. The van der Waals surface area contributed by atoms with Gasteiger partial charge in [-0.1, -0.05) is 6.08 Å². The molecule has 0 aliphatic carbocycles. The summed E-state index contributed by atoms with van der Waals surface area (Å²) in [4.78, 5) is 12.6. The van der Waals surface area contributed by atoms with Gasteiger partial charge in [-0.2, -0.15) is 5.26 Å². The van der Waals surface area contributed by atoms with E-state index in [0.717, 1.165) is 12.1 Å². The van der Waals surface area contributed by atoms with Gasteiger partial charge in [-0.3, -0.25) is 4.79 Å². The Hall–Kier alpha value is -3.20. The Morgan fingerprint density at radius 1 is 1.60 bits per heavy atom. The molecule has 0 unspecified atom stereocenters. The first-order valence-corrected chi connectivity index (χ1v) is 10.3. The molecule has 3 N–H and O–H groups in total. The van der Waals surface area contributed by atoms with Crippen LogP contribution in [0, 0.1) is 17.1 Å². The Morgan fingerprint density at radius 2 is 2.33 bits per heavy atom. The zero-order valence-electron chi connectivity index (χ0n) is 15.9. The molecule has 0 radical (unpaired) electrons. The smallest absolute Gasteiger partial charge is 0.276 e. The zero-order valence-corrected chi connectivity index (χ0v) is 16.7. The van der Waals surface area contributed by atoms with Crippen molar-refractivity contribution in [2.24, 2.45) is 7.05 Å². The van der Waals surface area contributed by atoms with Crippen LogP contribution in [0.25, 0.3) is 0 Å². The molecule has 11 heteroatoms. The first-order chi connectivity index (χ1) is 14.2. The number of nitrogens with zero attached hydrogens (tertiary/aromatic N) is 2. The summed E-state index contributed by atoms with van der Waals surface area (Å²) in [6.45, 7) is 3.31. The van der Waals surface area contributed by atoms with E-state index in [1.165, 1.54) is 30.0 Å². The SMILES string of the molecule is C=CC[C@@H](O)[C@@H]1COc2c(cn(C)c2C(=O)Nc2ccc(F)c(C#N)c2)S(=O)(=O)N1. The minimum atomic E-state index is -4.08. The fraction of sp³-hybridized carbons (Fsp3) is 0.263. The molecule has 0 fully saturated rings. The number of fused-ring (bicyclic) bond motifs is 1. The molecule has 1 amide bonds. The fourth-order valence-corrected chi connectivity index (χ4v) is 4.49. The second-order valence-corrected chi connectivity index (χ2v) is 8.36. The van der Waals surface area contributed by atoms with E-state index < -0.39 is 33.9 Å². The van der Waals surface area contributed by atoms with Crippen LogP contribution in [-0.4, -0.2) is 42.8 Å². The van der Waals surface area contributed by atoms with E-state index in [1.807, 2.05) is 0 Å². The minimum absolute atomic E-state index is 0.0860. The van der Waals surface area contributed by atoms with Crippen LogP contribution in [0.2, 0.25) is 0 Å². The third kappa shape index (κ3) is 4.06. The van der Waals surface area contributed by atoms with E-state index in [4.69, 9.17) is 10.00 Å². The van der Waals surface area contributed by atoms with Gasteiger partial charge in [-0.05, 0) is 24.6 Å². The molecule has 0 saturated heterocycles. The van der Waals surface area contributed by atoms with Crippen LogP contribution in [0.5, 0.6) is 5.75 Å². The van der Waals surface area contributed by atoms with E-state index in [1.54, 1.807) is 6.07 Å². The van der Waals surface area contributed by atoms with Gasteiger partial charge in [0.15, 0.2) is 11.4 Å². The second-order valence-electron chi connectivity index (χ2n) is 6.67. The molecule has 0 bridgehead atoms. The van der Waals surface area contributed by atoms with E-state index >= 15 is 0 Å². The van der Waals surface area contributed by atoms with Crippen LogP contribution >= 0.6 is 0 Å². The summed E-state index contributed by atoms with van der Waals surface area (Å²) < 4.78 is 48.2. The maximum Gasteiger partial charge on any atom is 0.276 e. The number of hydrogen-bond acceptors (Lipinski definition) is 6. The molecule has 0 saturated carbocycles. The van der Waals surface area contributed by atoms with Crippen molar-refractivity contribution >= 4 is 21.6 Å². The molecule has 1 aliphatic rings. The number of benzene rings is 1. The average Bonchev–Trinajstić information content (AvgIpc) is 2.97. The molecule has 0 spiro atoms. The number of ether oxygens (including phenoxy) is 1. The van der Waals surface area contributed by atoms with E-state index in [0.29, 0.717) is 0 Å². The number of rotatable bonds is 5. The number of aryl methyl sites for hydroxylation is 1. The van der Waals surface area contributed by atoms with Gasteiger partial charge >= 0.3 is 0 Å². The lowest BCUT2D eigenvalue weighted by Crippen LogP contribution is -2.45. The number of nitrogens with one attached hydrogen (secondary N) is 2. The highest BCUT2D eigenvalue weighted by Gasteiger charge is 2.36. The van der Waals surface area contributed by atoms with Crippen LogP contribution in [0.3, 0.4) is 0 Å². The number of aliphatic hydroxyl groups is 1. The molecule has 30 heavy (non-hydrogen) atoms. The van der Waals surface area contributed by atoms with Gasteiger partial charge in [0.1, 0.15) is 23.4 Å². The number of carbonyl (C=O) groups is 1. The van der Waals surface area contributed by atoms with Crippen LogP contribution < -0.4 is 14.8 Å². The number of halogens is 1. The number of anilines is 1. The topological polar surface area (TPSA) is 133 Å². The third-order valence-electron chi connectivity index (χ3n) is 4.54. The zero-order chi connectivity index (χ0) is 22.1. The van der Waals surface area contributed by atoms with Gasteiger partial charge in [0.25, 0.3) is 5.91 Å². The summed E-state index contributed by atoms with van der Waals surface area (Å²) in [5.74, 6) is -1.61. The number of amides is 1. The molecule has 9 nitrogen and oxygen atoms in total. The highest BCUT2D eigenvalue weighted by molar-refractivity contribution is 7.89. The molecule has 158 valence electrons. The normalized spacial score (nSPS) is 18.3. The predicted molar refractivity (Wildman–Crippen MR) is 105 cm³/mol. The Labute approximate surface area is 172 Å². The molecule has 2 aromatic rings. The summed E-state index contributed by atoms with van der Waals surface area (Å²) in [5, 5.41) is 21.6. The summed E-state index contributed by atoms with van der Waals surface area (Å²) in [6.07, 6.45) is 1.76. The number of carbonyl (C=O) groups excluding carboxylic acids is 1. The number of aliphatic hydroxyl groups excluding tert-OH is 1. The number of hydrogen-bond donors (Lipinski definition) is 3. The second kappa shape index (κ2) is 8.27. The molecule has 1 aromatic heterocycles. The van der Waals surface area contributed by atoms with Crippen LogP contribution in [0.4, 0.5) is 10.1 Å². The highest BCUT2D eigenvalue weighted by atomic mass is 32.2. The van der Waals surface area contributed by atoms with Gasteiger partial charge in [0.05, 0.1) is 17.7 Å². The van der Waals surface area contributed by atoms with Gasteiger partial charge in [-0.25, -0.2) is 17.5 Å². The Balaban J connectivity index is 1.94. The van der Waals surface area contributed by atoms with Crippen molar-refractivity contribution in [2.75, 3.05) is 11.9 Å². The lowest BCUT2D eigenvalue weighted by atomic mass is 10.1. The van der Waals surface area contributed by atoms with Gasteiger partial charge in [0.2, 0.25) is 10.0 Å². The molecular formula is C19H19FN4O5S. The van der Waals surface area contributed by atoms with Crippen LogP contribution in [0.1, 0.15) is 22.5 Å². The van der Waals surface area contributed by atoms with Gasteiger partial charge < -0.3 is 19.7 Å². The largest absolute Gasteiger partial charge is 0.488 e. The quantitative estimate of drug-likeness (QED) is 0.607. The fourth-order valence-electron chi connectivity index (χ4n) is 3.04. The highest BCUT2D eigenvalue weighted by Crippen LogP contribution is 2.33. The summed E-state index contributed by atoms with van der Waals surface area (Å²) in [5.41, 5.74) is -0.181. The minimum Gasteiger partial charge on any atom is -0.488 e. The van der Waals surface area contributed by atoms with E-state index in [2.05, 4.69) is 16.6 Å². The van der Waals surface area contributed by atoms with Crippen molar-refractivity contribution in [1.29, 1.82) is 5.26 Å². The first kappa shape index (κ1) is 21.5. The van der Waals surface area contributed by atoms with Crippen molar-refractivity contribution < 1.29 is 27.4 Å².